The summed E-state index contributed by atoms with van der Waals surface area (Å²) in [5, 5.41) is 2.43. The van der Waals surface area contributed by atoms with Gasteiger partial charge < -0.3 is 9.05 Å². The first-order valence-corrected chi connectivity index (χ1v) is 11.8. The second-order valence-electron chi connectivity index (χ2n) is 5.25. The van der Waals surface area contributed by atoms with Gasteiger partial charge >= 0.3 is 15.3 Å². The lowest BCUT2D eigenvalue weighted by atomic mass is 10.5. The summed E-state index contributed by atoms with van der Waals surface area (Å²) in [6, 6.07) is 0. The van der Waals surface area contributed by atoms with E-state index in [1.165, 1.54) is 0 Å². The SMILES string of the molecule is CCOP(=O)(N[C@@H](C(Cl)(Cl)Cl)P(=O)(OC(C)C)OC(C)C)OCC. The number of nitrogens with one attached hydrogen (secondary N) is 1. The van der Waals surface area contributed by atoms with Crippen LogP contribution in [0, 0.1) is 0 Å². The van der Waals surface area contributed by atoms with Crippen molar-refractivity contribution in [2.45, 2.75) is 63.3 Å². The first-order valence-electron chi connectivity index (χ1n) is 7.49. The summed E-state index contributed by atoms with van der Waals surface area (Å²) in [6.45, 7) is 9.97. The number of halogens is 3. The Morgan fingerprint density at radius 2 is 1.29 bits per heavy atom. The van der Waals surface area contributed by atoms with Gasteiger partial charge in [-0.3, -0.25) is 13.6 Å². The number of rotatable bonds is 11. The van der Waals surface area contributed by atoms with E-state index in [2.05, 4.69) is 5.09 Å². The minimum Gasteiger partial charge on any atom is -0.305 e. The predicted octanol–water partition coefficient (Wildman–Crippen LogP) is 5.50. The highest BCUT2D eigenvalue weighted by molar-refractivity contribution is 7.57. The van der Waals surface area contributed by atoms with Crippen molar-refractivity contribution in [1.82, 2.24) is 5.09 Å². The highest BCUT2D eigenvalue weighted by atomic mass is 35.6. The molecule has 0 aromatic rings. The fourth-order valence-electron chi connectivity index (χ4n) is 1.66. The Morgan fingerprint density at radius 3 is 1.54 bits per heavy atom. The highest BCUT2D eigenvalue weighted by Crippen LogP contribution is 2.63. The molecule has 24 heavy (non-hydrogen) atoms. The van der Waals surface area contributed by atoms with Crippen LogP contribution in [0.1, 0.15) is 41.5 Å². The average molecular weight is 449 g/mol. The fourth-order valence-corrected chi connectivity index (χ4v) is 7.34. The molecule has 0 bridgehead atoms. The summed E-state index contributed by atoms with van der Waals surface area (Å²) in [6.07, 6.45) is -0.991. The number of hydrogen-bond donors (Lipinski definition) is 1. The highest BCUT2D eigenvalue weighted by Gasteiger charge is 2.53. The predicted molar refractivity (Wildman–Crippen MR) is 98.1 cm³/mol. The van der Waals surface area contributed by atoms with Crippen molar-refractivity contribution in [3.63, 3.8) is 0 Å². The van der Waals surface area contributed by atoms with Crippen LogP contribution in [0.2, 0.25) is 0 Å². The van der Waals surface area contributed by atoms with Gasteiger partial charge in [-0.1, -0.05) is 34.8 Å². The molecule has 0 radical (unpaired) electrons. The largest absolute Gasteiger partial charge is 0.406 e. The van der Waals surface area contributed by atoms with E-state index >= 15 is 0 Å². The van der Waals surface area contributed by atoms with E-state index < -0.39 is 37.1 Å². The van der Waals surface area contributed by atoms with Crippen LogP contribution >= 0.6 is 50.1 Å². The zero-order valence-corrected chi connectivity index (χ0v) is 18.7. The Kier molecular flexibility index (Phi) is 11.0. The molecule has 0 aliphatic carbocycles. The van der Waals surface area contributed by atoms with Crippen LogP contribution in [-0.2, 0) is 27.2 Å². The zero-order chi connectivity index (χ0) is 19.2. The first kappa shape index (κ1) is 25.1. The van der Waals surface area contributed by atoms with Crippen LogP contribution < -0.4 is 5.09 Å². The summed E-state index contributed by atoms with van der Waals surface area (Å²) < 4.78 is 44.9. The van der Waals surface area contributed by atoms with Crippen molar-refractivity contribution < 1.29 is 27.2 Å². The van der Waals surface area contributed by atoms with Crippen molar-refractivity contribution >= 4 is 50.1 Å². The third kappa shape index (κ3) is 8.68. The van der Waals surface area contributed by atoms with Gasteiger partial charge in [-0.25, -0.2) is 9.65 Å². The van der Waals surface area contributed by atoms with Gasteiger partial charge in [-0.05, 0) is 41.5 Å². The lowest BCUT2D eigenvalue weighted by Crippen LogP contribution is -2.41. The van der Waals surface area contributed by atoms with Gasteiger partial charge in [-0.2, -0.15) is 0 Å². The van der Waals surface area contributed by atoms with E-state index in [0.29, 0.717) is 0 Å². The van der Waals surface area contributed by atoms with Gasteiger partial charge in [0.2, 0.25) is 3.79 Å². The Bertz CT molecular complexity index is 448. The lowest BCUT2D eigenvalue weighted by molar-refractivity contribution is 0.133. The standard InChI is InChI=1S/C12H26Cl3NO6P2/c1-7-19-24(18,20-8-2)16-11(12(13,14)15)23(17,21-9(3)4)22-10(5)6/h9-11H,7-8H2,1-6H3,(H,16,18)/t11-/m1/s1. The molecule has 0 fully saturated rings. The van der Waals surface area contributed by atoms with E-state index in [9.17, 15) is 9.13 Å². The summed E-state index contributed by atoms with van der Waals surface area (Å²) in [7, 11) is -7.94. The summed E-state index contributed by atoms with van der Waals surface area (Å²) in [5.74, 6) is -1.57. The Balaban J connectivity index is 5.86. The molecule has 0 spiro atoms. The quantitative estimate of drug-likeness (QED) is 0.330. The van der Waals surface area contributed by atoms with Crippen molar-refractivity contribution in [2.75, 3.05) is 13.2 Å². The van der Waals surface area contributed by atoms with Crippen LogP contribution in [0.4, 0.5) is 0 Å². The first-order chi connectivity index (χ1) is 10.8. The number of hydrogen-bond acceptors (Lipinski definition) is 6. The van der Waals surface area contributed by atoms with Crippen molar-refractivity contribution in [3.8, 4) is 0 Å². The van der Waals surface area contributed by atoms with Gasteiger partial charge in [0.15, 0.2) is 5.78 Å². The van der Waals surface area contributed by atoms with E-state index in [-0.39, 0.29) is 13.2 Å². The van der Waals surface area contributed by atoms with E-state index in [0.717, 1.165) is 0 Å². The molecule has 0 aromatic heterocycles. The fraction of sp³-hybridized carbons (Fsp3) is 1.00. The molecular weight excluding hydrogens is 422 g/mol. The molecule has 0 saturated heterocycles. The van der Waals surface area contributed by atoms with Crippen LogP contribution in [0.5, 0.6) is 0 Å². The maximum Gasteiger partial charge on any atom is 0.406 e. The van der Waals surface area contributed by atoms with Crippen LogP contribution in [-0.4, -0.2) is 35.0 Å². The van der Waals surface area contributed by atoms with Gasteiger partial charge in [0.05, 0.1) is 25.4 Å². The topological polar surface area (TPSA) is 83.1 Å². The van der Waals surface area contributed by atoms with Gasteiger partial charge in [0.1, 0.15) is 0 Å². The molecule has 0 aliphatic heterocycles. The van der Waals surface area contributed by atoms with E-state index in [4.69, 9.17) is 52.9 Å². The molecule has 146 valence electrons. The molecular formula is C12H26Cl3NO6P2. The van der Waals surface area contributed by atoms with Crippen LogP contribution in [0.3, 0.4) is 0 Å². The van der Waals surface area contributed by atoms with Gasteiger partial charge in [-0.15, -0.1) is 0 Å². The van der Waals surface area contributed by atoms with Gasteiger partial charge in [0, 0.05) is 0 Å². The number of alkyl halides is 3. The maximum atomic E-state index is 13.3. The zero-order valence-electron chi connectivity index (χ0n) is 14.6. The second-order valence-corrected chi connectivity index (χ2v) is 11.4. The monoisotopic (exact) mass is 447 g/mol. The molecule has 0 unspecified atom stereocenters. The summed E-state index contributed by atoms with van der Waals surface area (Å²) in [4.78, 5) is 0. The normalized spacial score (nSPS) is 15.3. The Hall–Kier alpha value is 1.13. The van der Waals surface area contributed by atoms with Crippen molar-refractivity contribution in [3.05, 3.63) is 0 Å². The summed E-state index contributed by atoms with van der Waals surface area (Å²) in [5.41, 5.74) is 0. The molecule has 0 rings (SSSR count). The molecule has 1 N–H and O–H groups in total. The molecule has 1 atom stereocenters. The summed E-state index contributed by atoms with van der Waals surface area (Å²) >= 11 is 17.9. The minimum absolute atomic E-state index is 0.0667. The lowest BCUT2D eigenvalue weighted by Gasteiger charge is -2.35. The third-order valence-corrected chi connectivity index (χ3v) is 7.89. The van der Waals surface area contributed by atoms with E-state index in [1.54, 1.807) is 41.5 Å². The molecule has 0 heterocycles. The van der Waals surface area contributed by atoms with Crippen LogP contribution in [0.25, 0.3) is 0 Å². The maximum absolute atomic E-state index is 13.3. The molecule has 7 nitrogen and oxygen atoms in total. The minimum atomic E-state index is -4.05. The molecule has 0 aliphatic rings. The smallest absolute Gasteiger partial charge is 0.305 e. The van der Waals surface area contributed by atoms with Crippen molar-refractivity contribution in [1.29, 1.82) is 0 Å². The molecule has 12 heteroatoms. The van der Waals surface area contributed by atoms with Crippen LogP contribution in [0.15, 0.2) is 0 Å². The van der Waals surface area contributed by atoms with Gasteiger partial charge in [0.25, 0.3) is 0 Å². The molecule has 0 saturated carbocycles. The average Bonchev–Trinajstić information content (AvgIpc) is 2.33. The molecule has 0 aromatic carbocycles. The Labute approximate surface area is 159 Å². The molecule has 0 amide bonds. The third-order valence-electron chi connectivity index (χ3n) is 2.22. The van der Waals surface area contributed by atoms with E-state index in [1.807, 2.05) is 0 Å². The second kappa shape index (κ2) is 10.5. The van der Waals surface area contributed by atoms with Crippen molar-refractivity contribution in [2.24, 2.45) is 0 Å². The Morgan fingerprint density at radius 1 is 0.917 bits per heavy atom.